The van der Waals surface area contributed by atoms with Crippen LogP contribution in [0.1, 0.15) is 240 Å². The van der Waals surface area contributed by atoms with E-state index < -0.39 is 5.54 Å². The van der Waals surface area contributed by atoms with Crippen molar-refractivity contribution in [2.24, 2.45) is 23.7 Å². The van der Waals surface area contributed by atoms with Gasteiger partial charge in [-0.25, -0.2) is 0 Å². The summed E-state index contributed by atoms with van der Waals surface area (Å²) in [6.45, 7) is 10.7. The number of nitrogens with zero attached hydrogens (tertiary/aromatic N) is 1. The second kappa shape index (κ2) is 31.8. The monoisotopic (exact) mass is 757 g/mol. The number of imide groups is 1. The van der Waals surface area contributed by atoms with Crippen molar-refractivity contribution in [1.29, 1.82) is 0 Å². The van der Waals surface area contributed by atoms with Gasteiger partial charge in [0.1, 0.15) is 0 Å². The van der Waals surface area contributed by atoms with Gasteiger partial charge in [-0.05, 0) is 82.1 Å². The summed E-state index contributed by atoms with van der Waals surface area (Å²) in [5, 5.41) is 3.36. The van der Waals surface area contributed by atoms with Crippen molar-refractivity contribution < 1.29 is 14.3 Å². The predicted octanol–water partition coefficient (Wildman–Crippen LogP) is 14.3. The fourth-order valence-electron chi connectivity index (χ4n) is 10.2. The molecule has 0 radical (unpaired) electrons. The first-order valence-electron chi connectivity index (χ1n) is 24.1. The Labute approximate surface area is 336 Å². The number of hydrogen-bond donors (Lipinski definition) is 1. The SMILES string of the molecule is CCC/C=C\C(C)(CCCCCCCCC1CCC(CCCCCC)C(CCCCCCCC)C1CCCCCCCCNCOC)N1C(=O)CCC1=O. The Bertz CT molecular complexity index is 935. The fraction of sp³-hybridized carbons (Fsp3) is 0.918. The number of methoxy groups -OCH3 is 1. The van der Waals surface area contributed by atoms with Crippen LogP contribution in [0.5, 0.6) is 0 Å². The second-order valence-corrected chi connectivity index (χ2v) is 18.0. The first-order valence-corrected chi connectivity index (χ1v) is 24.1. The minimum absolute atomic E-state index is 0.0175. The summed E-state index contributed by atoms with van der Waals surface area (Å²) in [6.07, 6.45) is 47.1. The molecule has 2 fully saturated rings. The van der Waals surface area contributed by atoms with Crippen LogP contribution in [-0.4, -0.2) is 42.6 Å². The molecule has 1 heterocycles. The summed E-state index contributed by atoms with van der Waals surface area (Å²) in [5.41, 5.74) is -0.461. The van der Waals surface area contributed by atoms with Crippen LogP contribution in [0, 0.1) is 23.7 Å². The lowest BCUT2D eigenvalue weighted by Crippen LogP contribution is -2.48. The maximum Gasteiger partial charge on any atom is 0.230 e. The Morgan fingerprint density at radius 1 is 0.611 bits per heavy atom. The Kier molecular flexibility index (Phi) is 28.9. The molecule has 54 heavy (non-hydrogen) atoms. The fourth-order valence-corrected chi connectivity index (χ4v) is 10.2. The molecule has 0 bridgehead atoms. The number of rotatable bonds is 36. The molecule has 316 valence electrons. The van der Waals surface area contributed by atoms with Gasteiger partial charge in [-0.15, -0.1) is 0 Å². The molecule has 5 unspecified atom stereocenters. The number of carbonyl (C=O) groups excluding carboxylic acids is 2. The van der Waals surface area contributed by atoms with Gasteiger partial charge in [-0.3, -0.25) is 19.8 Å². The summed E-state index contributed by atoms with van der Waals surface area (Å²) in [4.78, 5) is 26.9. The van der Waals surface area contributed by atoms with E-state index in [1.165, 1.54) is 173 Å². The minimum Gasteiger partial charge on any atom is -0.370 e. The van der Waals surface area contributed by atoms with E-state index in [1.807, 2.05) is 0 Å². The van der Waals surface area contributed by atoms with Gasteiger partial charge >= 0.3 is 0 Å². The molecule has 1 saturated heterocycles. The molecule has 2 amide bonds. The van der Waals surface area contributed by atoms with E-state index in [2.05, 4.69) is 45.2 Å². The van der Waals surface area contributed by atoms with E-state index >= 15 is 0 Å². The van der Waals surface area contributed by atoms with Gasteiger partial charge in [0.25, 0.3) is 0 Å². The lowest BCUT2D eigenvalue weighted by molar-refractivity contribution is -0.143. The van der Waals surface area contributed by atoms with Gasteiger partial charge in [-0.1, -0.05) is 187 Å². The third kappa shape index (κ3) is 20.3. The van der Waals surface area contributed by atoms with E-state index in [1.54, 1.807) is 12.0 Å². The molecule has 1 saturated carbocycles. The summed E-state index contributed by atoms with van der Waals surface area (Å²) in [6, 6.07) is 0. The maximum absolute atomic E-state index is 12.6. The molecule has 2 aliphatic rings. The van der Waals surface area contributed by atoms with Crippen LogP contribution in [0.4, 0.5) is 0 Å². The molecule has 1 aliphatic carbocycles. The zero-order valence-corrected chi connectivity index (χ0v) is 36.9. The van der Waals surface area contributed by atoms with Crippen molar-refractivity contribution in [2.45, 2.75) is 245 Å². The molecule has 5 nitrogen and oxygen atoms in total. The van der Waals surface area contributed by atoms with Crippen LogP contribution >= 0.6 is 0 Å². The van der Waals surface area contributed by atoms with Crippen molar-refractivity contribution in [3.63, 3.8) is 0 Å². The number of ether oxygens (including phenoxy) is 1. The minimum atomic E-state index is -0.461. The van der Waals surface area contributed by atoms with Gasteiger partial charge in [0.05, 0.1) is 12.3 Å². The van der Waals surface area contributed by atoms with E-state index in [4.69, 9.17) is 4.74 Å². The van der Waals surface area contributed by atoms with Gasteiger partial charge < -0.3 is 4.74 Å². The molecule has 0 spiro atoms. The van der Waals surface area contributed by atoms with Crippen LogP contribution < -0.4 is 5.32 Å². The third-order valence-electron chi connectivity index (χ3n) is 13.4. The molecule has 1 aliphatic heterocycles. The van der Waals surface area contributed by atoms with Gasteiger partial charge in [-0.2, -0.15) is 0 Å². The van der Waals surface area contributed by atoms with E-state index in [0.29, 0.717) is 19.6 Å². The Balaban J connectivity index is 1.90. The number of unbranched alkanes of at least 4 members (excludes halogenated alkanes) is 19. The average Bonchev–Trinajstić information content (AvgIpc) is 3.52. The van der Waals surface area contributed by atoms with Crippen molar-refractivity contribution in [1.82, 2.24) is 10.2 Å². The first-order chi connectivity index (χ1) is 26.4. The molecule has 1 N–H and O–H groups in total. The Hall–Kier alpha value is -1.20. The molecule has 5 heteroatoms. The van der Waals surface area contributed by atoms with Crippen LogP contribution in [0.25, 0.3) is 0 Å². The van der Waals surface area contributed by atoms with Crippen LogP contribution in [0.3, 0.4) is 0 Å². The van der Waals surface area contributed by atoms with E-state index in [-0.39, 0.29) is 11.8 Å². The van der Waals surface area contributed by atoms with Crippen molar-refractivity contribution in [2.75, 3.05) is 20.4 Å². The molecule has 2 rings (SSSR count). The zero-order valence-electron chi connectivity index (χ0n) is 36.9. The largest absolute Gasteiger partial charge is 0.370 e. The number of carbonyl (C=O) groups is 2. The smallest absolute Gasteiger partial charge is 0.230 e. The summed E-state index contributed by atoms with van der Waals surface area (Å²) in [7, 11) is 1.76. The molecule has 0 aromatic carbocycles. The highest BCUT2D eigenvalue weighted by atomic mass is 16.5. The van der Waals surface area contributed by atoms with Gasteiger partial charge in [0.15, 0.2) is 0 Å². The normalized spacial score (nSPS) is 21.8. The van der Waals surface area contributed by atoms with E-state index in [9.17, 15) is 9.59 Å². The number of allylic oxidation sites excluding steroid dienone is 1. The third-order valence-corrected chi connectivity index (χ3v) is 13.4. The average molecular weight is 757 g/mol. The van der Waals surface area contributed by atoms with Crippen LogP contribution in [0.15, 0.2) is 12.2 Å². The molecular formula is C49H92N2O3. The van der Waals surface area contributed by atoms with Crippen molar-refractivity contribution >= 4 is 11.8 Å². The maximum atomic E-state index is 12.6. The second-order valence-electron chi connectivity index (χ2n) is 18.0. The highest BCUT2D eigenvalue weighted by Crippen LogP contribution is 2.48. The van der Waals surface area contributed by atoms with Crippen molar-refractivity contribution in [3.05, 3.63) is 12.2 Å². The first kappa shape index (κ1) is 48.9. The number of hydrogen-bond acceptors (Lipinski definition) is 4. The Morgan fingerprint density at radius 2 is 1.06 bits per heavy atom. The summed E-state index contributed by atoms with van der Waals surface area (Å²) < 4.78 is 5.12. The van der Waals surface area contributed by atoms with Crippen molar-refractivity contribution in [3.8, 4) is 0 Å². The molecular weight excluding hydrogens is 665 g/mol. The van der Waals surface area contributed by atoms with E-state index in [0.717, 1.165) is 55.9 Å². The highest BCUT2D eigenvalue weighted by molar-refractivity contribution is 6.03. The summed E-state index contributed by atoms with van der Waals surface area (Å²) in [5.74, 6) is 3.89. The quantitative estimate of drug-likeness (QED) is 0.0299. The lowest BCUT2D eigenvalue weighted by Gasteiger charge is -2.44. The highest BCUT2D eigenvalue weighted by Gasteiger charge is 2.41. The molecule has 5 atom stereocenters. The van der Waals surface area contributed by atoms with Crippen LogP contribution in [-0.2, 0) is 14.3 Å². The zero-order chi connectivity index (χ0) is 39.1. The summed E-state index contributed by atoms with van der Waals surface area (Å²) >= 11 is 0. The number of likely N-dealkylation sites (tertiary alicyclic amines) is 1. The predicted molar refractivity (Wildman–Crippen MR) is 233 cm³/mol. The molecule has 0 aromatic heterocycles. The standard InChI is InChI=1S/C49H92N2O3/c1-6-9-12-14-20-26-33-45-43(31-24-13-10-7-2)35-36-44(46(45)34-27-21-16-18-23-30-41-50-42-54-5)32-25-19-15-17-22-29-40-49(4,39-28-11-8-3)51-47(52)37-38-48(51)53/h28,39,43-46,50H,6-27,29-38,40-42H2,1-5H3/b39-28-. The topological polar surface area (TPSA) is 58.6 Å². The van der Waals surface area contributed by atoms with Gasteiger partial charge in [0, 0.05) is 20.0 Å². The van der Waals surface area contributed by atoms with Crippen LogP contribution in [0.2, 0.25) is 0 Å². The lowest BCUT2D eigenvalue weighted by atomic mass is 9.61. The van der Waals surface area contributed by atoms with Gasteiger partial charge in [0.2, 0.25) is 11.8 Å². The number of amides is 2. The Morgan fingerprint density at radius 3 is 1.56 bits per heavy atom. The molecule has 0 aromatic rings. The number of nitrogens with one attached hydrogen (secondary N) is 1.